The van der Waals surface area contributed by atoms with Crippen molar-refractivity contribution in [3.8, 4) is 0 Å². The number of carbonyl (C=O) groups excluding carboxylic acids is 2. The van der Waals surface area contributed by atoms with Crippen molar-refractivity contribution in [2.45, 2.75) is 45.1 Å². The fraction of sp³-hybridized carbons (Fsp3) is 0.667. The Kier molecular flexibility index (Phi) is 8.35. The number of hydrogen-bond acceptors (Lipinski definition) is 5. The van der Waals surface area contributed by atoms with Crippen molar-refractivity contribution in [2.75, 3.05) is 6.54 Å². The van der Waals surface area contributed by atoms with Gasteiger partial charge in [0.2, 0.25) is 0 Å². The first-order chi connectivity index (χ1) is 8.82. The number of nitrogens with one attached hydrogen (secondary N) is 1. The molecule has 3 N–H and O–H groups in total. The normalized spacial score (nSPS) is 17.2. The molecule has 0 saturated carbocycles. The van der Waals surface area contributed by atoms with E-state index in [1.807, 2.05) is 0 Å². The van der Waals surface area contributed by atoms with Crippen molar-refractivity contribution < 1.29 is 29.4 Å². The fourth-order valence-corrected chi connectivity index (χ4v) is 1.51. The first-order valence-corrected chi connectivity index (χ1v) is 6.02. The first kappa shape index (κ1) is 17.2. The number of carboxylic acids is 2. The standard InChI is InChI=1S/C7H10O4.C5H9NO2/c1-5(8)4-6(9)2-3-7(10)11;7-5(8)4-2-1-3-6-4/h2-4H2,1H3,(H,10,11);4,6H,1-3H2,(H,7,8)/t;4-/m.0/s1. The van der Waals surface area contributed by atoms with Gasteiger partial charge in [-0.1, -0.05) is 0 Å². The van der Waals surface area contributed by atoms with Crippen LogP contribution in [0.2, 0.25) is 0 Å². The summed E-state index contributed by atoms with van der Waals surface area (Å²) in [5.74, 6) is -2.26. The van der Waals surface area contributed by atoms with E-state index in [1.54, 1.807) is 0 Å². The maximum Gasteiger partial charge on any atom is 0.320 e. The summed E-state index contributed by atoms with van der Waals surface area (Å²) in [5.41, 5.74) is 0. The minimum absolute atomic E-state index is 0.0467. The second-order valence-electron chi connectivity index (χ2n) is 4.30. The van der Waals surface area contributed by atoms with Crippen LogP contribution in [0.4, 0.5) is 0 Å². The van der Waals surface area contributed by atoms with Gasteiger partial charge in [-0.05, 0) is 26.3 Å². The molecule has 0 aromatic heterocycles. The number of aliphatic carboxylic acids is 2. The second kappa shape index (κ2) is 9.21. The molecular weight excluding hydrogens is 254 g/mol. The Hall–Kier alpha value is -1.76. The van der Waals surface area contributed by atoms with E-state index >= 15 is 0 Å². The second-order valence-corrected chi connectivity index (χ2v) is 4.30. The molecule has 1 aliphatic heterocycles. The molecule has 0 amide bonds. The molecule has 0 spiro atoms. The molecule has 1 heterocycles. The summed E-state index contributed by atoms with van der Waals surface area (Å²) in [4.78, 5) is 41.1. The zero-order chi connectivity index (χ0) is 14.8. The SMILES string of the molecule is CC(=O)CC(=O)CCC(=O)O.O=C(O)[C@@H]1CCCN1. The molecule has 1 rings (SSSR count). The minimum atomic E-state index is -1.01. The average molecular weight is 273 g/mol. The molecule has 1 saturated heterocycles. The van der Waals surface area contributed by atoms with E-state index in [-0.39, 0.29) is 36.9 Å². The summed E-state index contributed by atoms with van der Waals surface area (Å²) < 4.78 is 0. The number of ketones is 2. The highest BCUT2D eigenvalue weighted by Crippen LogP contribution is 2.03. The van der Waals surface area contributed by atoms with Gasteiger partial charge in [0.05, 0.1) is 12.8 Å². The van der Waals surface area contributed by atoms with Crippen LogP contribution in [0, 0.1) is 0 Å². The van der Waals surface area contributed by atoms with E-state index in [2.05, 4.69) is 5.32 Å². The van der Waals surface area contributed by atoms with Crippen molar-refractivity contribution in [3.05, 3.63) is 0 Å². The molecule has 0 bridgehead atoms. The van der Waals surface area contributed by atoms with Crippen molar-refractivity contribution in [2.24, 2.45) is 0 Å². The van der Waals surface area contributed by atoms with Crippen LogP contribution >= 0.6 is 0 Å². The maximum absolute atomic E-state index is 10.7. The summed E-state index contributed by atoms with van der Waals surface area (Å²) in [6.07, 6.45) is 1.40. The van der Waals surface area contributed by atoms with E-state index in [9.17, 15) is 19.2 Å². The number of rotatable bonds is 6. The molecule has 0 aliphatic carbocycles. The Labute approximate surface area is 111 Å². The number of hydrogen-bond donors (Lipinski definition) is 3. The van der Waals surface area contributed by atoms with Crippen molar-refractivity contribution >= 4 is 23.5 Å². The highest BCUT2D eigenvalue weighted by molar-refractivity contribution is 5.98. The third kappa shape index (κ3) is 9.90. The maximum atomic E-state index is 10.7. The van der Waals surface area contributed by atoms with E-state index in [0.29, 0.717) is 0 Å². The van der Waals surface area contributed by atoms with E-state index in [0.717, 1.165) is 19.4 Å². The molecule has 19 heavy (non-hydrogen) atoms. The highest BCUT2D eigenvalue weighted by Gasteiger charge is 2.20. The topological polar surface area (TPSA) is 121 Å². The lowest BCUT2D eigenvalue weighted by atomic mass is 10.1. The number of carbonyl (C=O) groups is 4. The molecule has 0 aromatic rings. The average Bonchev–Trinajstić information content (AvgIpc) is 2.79. The van der Waals surface area contributed by atoms with Gasteiger partial charge in [-0.3, -0.25) is 19.2 Å². The number of Topliss-reactive ketones (excluding diaryl/α,β-unsaturated/α-hetero) is 2. The predicted molar refractivity (Wildman–Crippen MR) is 65.8 cm³/mol. The van der Waals surface area contributed by atoms with Gasteiger partial charge in [-0.15, -0.1) is 0 Å². The van der Waals surface area contributed by atoms with Crippen molar-refractivity contribution in [1.29, 1.82) is 0 Å². The van der Waals surface area contributed by atoms with Crippen LogP contribution in [0.25, 0.3) is 0 Å². The predicted octanol–water partition coefficient (Wildman–Crippen LogP) is 0.222. The van der Waals surface area contributed by atoms with Gasteiger partial charge < -0.3 is 15.5 Å². The van der Waals surface area contributed by atoms with E-state index in [1.165, 1.54) is 6.92 Å². The van der Waals surface area contributed by atoms with Crippen LogP contribution < -0.4 is 5.32 Å². The summed E-state index contributed by atoms with van der Waals surface area (Å²) in [6, 6.07) is -0.269. The Morgan fingerprint density at radius 2 is 1.79 bits per heavy atom. The van der Waals surface area contributed by atoms with Crippen LogP contribution in [0.5, 0.6) is 0 Å². The van der Waals surface area contributed by atoms with Crippen molar-refractivity contribution in [3.63, 3.8) is 0 Å². The molecule has 7 nitrogen and oxygen atoms in total. The molecule has 0 aromatic carbocycles. The third-order valence-electron chi connectivity index (χ3n) is 2.42. The van der Waals surface area contributed by atoms with Crippen LogP contribution in [0.15, 0.2) is 0 Å². The van der Waals surface area contributed by atoms with Gasteiger partial charge in [0, 0.05) is 6.42 Å². The molecule has 1 aliphatic rings. The van der Waals surface area contributed by atoms with E-state index < -0.39 is 11.9 Å². The van der Waals surface area contributed by atoms with Gasteiger partial charge in [-0.2, -0.15) is 0 Å². The quantitative estimate of drug-likeness (QED) is 0.592. The van der Waals surface area contributed by atoms with Crippen LogP contribution in [-0.2, 0) is 19.2 Å². The highest BCUT2D eigenvalue weighted by atomic mass is 16.4. The van der Waals surface area contributed by atoms with Gasteiger partial charge in [0.15, 0.2) is 0 Å². The Morgan fingerprint density at radius 1 is 1.16 bits per heavy atom. The zero-order valence-corrected chi connectivity index (χ0v) is 10.8. The smallest absolute Gasteiger partial charge is 0.320 e. The van der Waals surface area contributed by atoms with Crippen LogP contribution in [0.3, 0.4) is 0 Å². The lowest BCUT2D eigenvalue weighted by Crippen LogP contribution is -2.29. The van der Waals surface area contributed by atoms with E-state index in [4.69, 9.17) is 10.2 Å². The Balaban J connectivity index is 0.000000356. The van der Waals surface area contributed by atoms with Crippen LogP contribution in [-0.4, -0.2) is 46.3 Å². The molecule has 7 heteroatoms. The molecule has 1 atom stereocenters. The Bertz CT molecular complexity index is 346. The van der Waals surface area contributed by atoms with Gasteiger partial charge in [0.1, 0.15) is 17.6 Å². The van der Waals surface area contributed by atoms with Crippen molar-refractivity contribution in [1.82, 2.24) is 5.32 Å². The molecule has 1 fully saturated rings. The molecular formula is C12H19NO6. The Morgan fingerprint density at radius 3 is 2.11 bits per heavy atom. The molecule has 0 radical (unpaired) electrons. The molecule has 0 unspecified atom stereocenters. The lowest BCUT2D eigenvalue weighted by Gasteiger charge is -1.99. The largest absolute Gasteiger partial charge is 0.481 e. The minimum Gasteiger partial charge on any atom is -0.481 e. The number of carboxylic acid groups (broad SMARTS) is 2. The monoisotopic (exact) mass is 273 g/mol. The summed E-state index contributed by atoms with van der Waals surface area (Å²) in [5, 5.41) is 19.4. The zero-order valence-electron chi connectivity index (χ0n) is 10.8. The van der Waals surface area contributed by atoms with Gasteiger partial charge in [-0.25, -0.2) is 0 Å². The summed E-state index contributed by atoms with van der Waals surface area (Å²) in [6.45, 7) is 2.16. The third-order valence-corrected chi connectivity index (χ3v) is 2.42. The lowest BCUT2D eigenvalue weighted by molar-refractivity contribution is -0.139. The van der Waals surface area contributed by atoms with Gasteiger partial charge in [0.25, 0.3) is 0 Å². The first-order valence-electron chi connectivity index (χ1n) is 6.02. The van der Waals surface area contributed by atoms with Gasteiger partial charge >= 0.3 is 11.9 Å². The summed E-state index contributed by atoms with van der Waals surface area (Å²) >= 11 is 0. The summed E-state index contributed by atoms with van der Waals surface area (Å²) in [7, 11) is 0. The fourth-order valence-electron chi connectivity index (χ4n) is 1.51. The van der Waals surface area contributed by atoms with Crippen LogP contribution in [0.1, 0.15) is 39.0 Å². The molecule has 108 valence electrons.